The fraction of sp³-hybridized carbons (Fsp3) is 0.611. The van der Waals surface area contributed by atoms with Crippen LogP contribution in [0.5, 0.6) is 0 Å². The van der Waals surface area contributed by atoms with Gasteiger partial charge in [-0.2, -0.15) is 0 Å². The van der Waals surface area contributed by atoms with Crippen molar-refractivity contribution in [2.24, 2.45) is 5.41 Å². The maximum absolute atomic E-state index is 12.4. The number of aryl methyl sites for hydroxylation is 1. The number of nitrogens with one attached hydrogen (secondary N) is 2. The van der Waals surface area contributed by atoms with Crippen LogP contribution in [0, 0.1) is 12.3 Å². The number of amides is 1. The first-order valence-corrected chi connectivity index (χ1v) is 7.71. The topological polar surface area (TPSA) is 41.1 Å². The van der Waals surface area contributed by atoms with Gasteiger partial charge in [0.15, 0.2) is 0 Å². The van der Waals surface area contributed by atoms with Crippen LogP contribution in [-0.2, 0) is 0 Å². The molecule has 3 heteroatoms. The molecule has 0 aliphatic carbocycles. The Labute approximate surface area is 129 Å². The van der Waals surface area contributed by atoms with Crippen molar-refractivity contribution in [1.29, 1.82) is 0 Å². The summed E-state index contributed by atoms with van der Waals surface area (Å²) in [6, 6.07) is 5.80. The highest BCUT2D eigenvalue weighted by Crippen LogP contribution is 2.27. The van der Waals surface area contributed by atoms with E-state index in [4.69, 9.17) is 0 Å². The summed E-state index contributed by atoms with van der Waals surface area (Å²) in [5, 5.41) is 6.44. The van der Waals surface area contributed by atoms with Crippen molar-refractivity contribution in [2.75, 3.05) is 11.9 Å². The van der Waals surface area contributed by atoms with Crippen molar-refractivity contribution in [3.63, 3.8) is 0 Å². The van der Waals surface area contributed by atoms with Crippen molar-refractivity contribution in [3.8, 4) is 0 Å². The van der Waals surface area contributed by atoms with Gasteiger partial charge in [-0.1, -0.05) is 20.8 Å². The zero-order valence-corrected chi connectivity index (χ0v) is 14.6. The van der Waals surface area contributed by atoms with Gasteiger partial charge in [0.1, 0.15) is 0 Å². The van der Waals surface area contributed by atoms with Gasteiger partial charge >= 0.3 is 0 Å². The molecule has 1 aromatic carbocycles. The lowest BCUT2D eigenvalue weighted by Crippen LogP contribution is -2.45. The highest BCUT2D eigenvalue weighted by atomic mass is 16.1. The molecule has 2 N–H and O–H groups in total. The van der Waals surface area contributed by atoms with Crippen LogP contribution in [0.15, 0.2) is 18.2 Å². The second-order valence-electron chi connectivity index (χ2n) is 7.64. The summed E-state index contributed by atoms with van der Waals surface area (Å²) in [6.07, 6.45) is 0.931. The minimum absolute atomic E-state index is 0.00426. The first-order valence-electron chi connectivity index (χ1n) is 7.71. The molecule has 21 heavy (non-hydrogen) atoms. The third kappa shape index (κ3) is 5.78. The van der Waals surface area contributed by atoms with Gasteiger partial charge in [0.25, 0.3) is 5.91 Å². The number of carbonyl (C=O) groups is 1. The van der Waals surface area contributed by atoms with Gasteiger partial charge in [-0.15, -0.1) is 0 Å². The molecule has 0 spiro atoms. The lowest BCUT2D eigenvalue weighted by atomic mass is 9.81. The second kappa shape index (κ2) is 6.50. The van der Waals surface area contributed by atoms with Crippen molar-refractivity contribution in [1.82, 2.24) is 5.32 Å². The number of hydrogen-bond donors (Lipinski definition) is 2. The summed E-state index contributed by atoms with van der Waals surface area (Å²) >= 11 is 0. The van der Waals surface area contributed by atoms with Crippen LogP contribution in [0.4, 0.5) is 5.69 Å². The van der Waals surface area contributed by atoms with Gasteiger partial charge in [-0.3, -0.25) is 4.79 Å². The number of rotatable bonds is 5. The number of benzene rings is 1. The number of anilines is 1. The molecule has 118 valence electrons. The quantitative estimate of drug-likeness (QED) is 0.845. The smallest absolute Gasteiger partial charge is 0.251 e. The van der Waals surface area contributed by atoms with Crippen LogP contribution in [0.1, 0.15) is 63.9 Å². The lowest BCUT2D eigenvalue weighted by Gasteiger charge is -2.33. The van der Waals surface area contributed by atoms with Gasteiger partial charge in [0.2, 0.25) is 0 Å². The van der Waals surface area contributed by atoms with E-state index in [1.165, 1.54) is 0 Å². The van der Waals surface area contributed by atoms with Crippen LogP contribution >= 0.6 is 0 Å². The van der Waals surface area contributed by atoms with E-state index < -0.39 is 0 Å². The van der Waals surface area contributed by atoms with Crippen LogP contribution in [0.2, 0.25) is 0 Å². The largest absolute Gasteiger partial charge is 0.385 e. The molecule has 0 aliphatic heterocycles. The zero-order valence-electron chi connectivity index (χ0n) is 14.6. The molecule has 1 amide bonds. The molecule has 0 atom stereocenters. The lowest BCUT2D eigenvalue weighted by molar-refractivity contribution is 0.0891. The van der Waals surface area contributed by atoms with Crippen molar-refractivity contribution >= 4 is 11.6 Å². The third-order valence-electron chi connectivity index (χ3n) is 3.28. The summed E-state index contributed by atoms with van der Waals surface area (Å²) in [5.41, 5.74) is 2.86. The molecule has 1 aromatic rings. The van der Waals surface area contributed by atoms with E-state index in [-0.39, 0.29) is 16.9 Å². The average Bonchev–Trinajstić information content (AvgIpc) is 2.27. The molecule has 0 unspecified atom stereocenters. The van der Waals surface area contributed by atoms with E-state index in [1.54, 1.807) is 0 Å². The van der Waals surface area contributed by atoms with Crippen molar-refractivity contribution in [2.45, 2.75) is 60.4 Å². The summed E-state index contributed by atoms with van der Waals surface area (Å²) in [4.78, 5) is 12.4. The minimum Gasteiger partial charge on any atom is -0.385 e. The Kier molecular flexibility index (Phi) is 5.43. The fourth-order valence-electron chi connectivity index (χ4n) is 2.94. The monoisotopic (exact) mass is 290 g/mol. The van der Waals surface area contributed by atoms with Gasteiger partial charge in [-0.05, 0) is 63.3 Å². The van der Waals surface area contributed by atoms with Crippen molar-refractivity contribution in [3.05, 3.63) is 29.3 Å². The molecule has 0 heterocycles. The second-order valence-corrected chi connectivity index (χ2v) is 7.64. The van der Waals surface area contributed by atoms with E-state index in [2.05, 4.69) is 52.2 Å². The van der Waals surface area contributed by atoms with Crippen molar-refractivity contribution < 1.29 is 4.79 Å². The standard InChI is InChI=1S/C18H30N2O/c1-8-19-15-10-9-14(11-13(15)2)16(21)20-18(6,7)12-17(3,4)5/h9-11,19H,8,12H2,1-7H3,(H,20,21). The Morgan fingerprint density at radius 3 is 2.24 bits per heavy atom. The first kappa shape index (κ1) is 17.5. The van der Waals surface area contributed by atoms with E-state index >= 15 is 0 Å². The van der Waals surface area contributed by atoms with Gasteiger partial charge < -0.3 is 10.6 Å². The van der Waals surface area contributed by atoms with Crippen LogP contribution in [0.25, 0.3) is 0 Å². The van der Waals surface area contributed by atoms with E-state index in [1.807, 2.05) is 25.1 Å². The van der Waals surface area contributed by atoms with E-state index in [0.717, 1.165) is 29.8 Å². The molecule has 0 saturated carbocycles. The molecule has 0 bridgehead atoms. The Bertz CT molecular complexity index is 498. The maximum Gasteiger partial charge on any atom is 0.251 e. The first-order chi connectivity index (χ1) is 9.54. The Morgan fingerprint density at radius 1 is 1.14 bits per heavy atom. The highest BCUT2D eigenvalue weighted by Gasteiger charge is 2.27. The molecule has 0 radical (unpaired) electrons. The minimum atomic E-state index is -0.219. The Balaban J connectivity index is 2.82. The van der Waals surface area contributed by atoms with Crippen LogP contribution in [-0.4, -0.2) is 18.0 Å². The summed E-state index contributed by atoms with van der Waals surface area (Å²) in [7, 11) is 0. The normalized spacial score (nSPS) is 12.1. The van der Waals surface area contributed by atoms with Gasteiger partial charge in [0.05, 0.1) is 0 Å². The third-order valence-corrected chi connectivity index (χ3v) is 3.28. The molecule has 0 aromatic heterocycles. The SMILES string of the molecule is CCNc1ccc(C(=O)NC(C)(C)CC(C)(C)C)cc1C. The molecule has 0 saturated heterocycles. The summed E-state index contributed by atoms with van der Waals surface area (Å²) < 4.78 is 0. The predicted molar refractivity (Wildman–Crippen MR) is 91.0 cm³/mol. The Hall–Kier alpha value is -1.51. The molecular formula is C18H30N2O. The molecular weight excluding hydrogens is 260 g/mol. The summed E-state index contributed by atoms with van der Waals surface area (Å²) in [5.74, 6) is -0.00426. The van der Waals surface area contributed by atoms with Crippen LogP contribution < -0.4 is 10.6 Å². The van der Waals surface area contributed by atoms with E-state index in [0.29, 0.717) is 0 Å². The average molecular weight is 290 g/mol. The van der Waals surface area contributed by atoms with E-state index in [9.17, 15) is 4.79 Å². The fourth-order valence-corrected chi connectivity index (χ4v) is 2.94. The van der Waals surface area contributed by atoms with Gasteiger partial charge in [0, 0.05) is 23.3 Å². The van der Waals surface area contributed by atoms with Gasteiger partial charge in [-0.25, -0.2) is 0 Å². The Morgan fingerprint density at radius 2 is 1.76 bits per heavy atom. The molecule has 0 fully saturated rings. The maximum atomic E-state index is 12.4. The number of hydrogen-bond acceptors (Lipinski definition) is 2. The highest BCUT2D eigenvalue weighted by molar-refractivity contribution is 5.95. The summed E-state index contributed by atoms with van der Waals surface area (Å²) in [6.45, 7) is 15.7. The molecule has 3 nitrogen and oxygen atoms in total. The zero-order chi connectivity index (χ0) is 16.3. The molecule has 0 aliphatic rings. The van der Waals surface area contributed by atoms with Crippen LogP contribution in [0.3, 0.4) is 0 Å². The number of carbonyl (C=O) groups excluding carboxylic acids is 1. The predicted octanol–water partition coefficient (Wildman–Crippen LogP) is 4.37. The molecule has 1 rings (SSSR count).